The fraction of sp³-hybridized carbons (Fsp3) is 0.125. The van der Waals surface area contributed by atoms with Gasteiger partial charge in [0.2, 0.25) is 11.6 Å². The number of hydrogen-bond acceptors (Lipinski definition) is 4. The van der Waals surface area contributed by atoms with Crippen molar-refractivity contribution in [2.24, 2.45) is 7.05 Å². The van der Waals surface area contributed by atoms with E-state index in [4.69, 9.17) is 0 Å². The smallest absolute Gasteiger partial charge is 0.240 e. The number of halogens is 1. The molecule has 0 aliphatic rings. The average molecular weight is 272 g/mol. The van der Waals surface area contributed by atoms with E-state index in [1.165, 1.54) is 17.7 Å². The maximum atomic E-state index is 11.8. The molecule has 0 saturated carbocycles. The van der Waals surface area contributed by atoms with Gasteiger partial charge in [-0.25, -0.2) is 0 Å². The quantitative estimate of drug-likeness (QED) is 0.784. The summed E-state index contributed by atoms with van der Waals surface area (Å²) in [5.74, 6) is 0.264. The molecule has 2 aromatic heterocycles. The van der Waals surface area contributed by atoms with Crippen molar-refractivity contribution in [3.63, 3.8) is 0 Å². The summed E-state index contributed by atoms with van der Waals surface area (Å²) < 4.78 is 2.54. The van der Waals surface area contributed by atoms with Crippen LogP contribution in [0.4, 0.5) is 0 Å². The van der Waals surface area contributed by atoms with E-state index < -0.39 is 0 Å². The van der Waals surface area contributed by atoms with E-state index in [0.717, 1.165) is 3.79 Å². The SMILES string of the molecule is Cn1cnnc1C(=O)c1ccc(Br)s1. The van der Waals surface area contributed by atoms with Crippen LogP contribution in [-0.2, 0) is 7.05 Å². The van der Waals surface area contributed by atoms with Gasteiger partial charge in [-0.15, -0.1) is 21.5 Å². The van der Waals surface area contributed by atoms with Gasteiger partial charge in [0.05, 0.1) is 8.66 Å². The zero-order valence-corrected chi connectivity index (χ0v) is 9.67. The highest BCUT2D eigenvalue weighted by Gasteiger charge is 2.16. The van der Waals surface area contributed by atoms with Gasteiger partial charge >= 0.3 is 0 Å². The number of ketones is 1. The first-order chi connectivity index (χ1) is 6.68. The van der Waals surface area contributed by atoms with Crippen LogP contribution in [0.15, 0.2) is 22.2 Å². The Hall–Kier alpha value is -1.01. The molecule has 0 bridgehead atoms. The molecule has 0 aliphatic heterocycles. The van der Waals surface area contributed by atoms with Crippen molar-refractivity contribution >= 4 is 33.0 Å². The van der Waals surface area contributed by atoms with Gasteiger partial charge in [-0.2, -0.15) is 0 Å². The number of nitrogens with zero attached hydrogens (tertiary/aromatic N) is 3. The van der Waals surface area contributed by atoms with E-state index in [1.807, 2.05) is 6.07 Å². The summed E-state index contributed by atoms with van der Waals surface area (Å²) in [6, 6.07) is 3.61. The Morgan fingerprint density at radius 2 is 2.36 bits per heavy atom. The average Bonchev–Trinajstić information content (AvgIpc) is 2.73. The molecule has 0 radical (unpaired) electrons. The summed E-state index contributed by atoms with van der Waals surface area (Å²) in [4.78, 5) is 12.5. The highest BCUT2D eigenvalue weighted by molar-refractivity contribution is 9.11. The van der Waals surface area contributed by atoms with E-state index >= 15 is 0 Å². The van der Waals surface area contributed by atoms with Gasteiger partial charge in [-0.3, -0.25) is 4.79 Å². The molecule has 0 spiro atoms. The zero-order chi connectivity index (χ0) is 10.1. The first-order valence-corrected chi connectivity index (χ1v) is 5.43. The molecule has 4 nitrogen and oxygen atoms in total. The maximum Gasteiger partial charge on any atom is 0.240 e. The normalized spacial score (nSPS) is 10.4. The molecule has 2 rings (SSSR count). The number of carbonyl (C=O) groups excluding carboxylic acids is 1. The van der Waals surface area contributed by atoms with Crippen molar-refractivity contribution in [2.75, 3.05) is 0 Å². The number of rotatable bonds is 2. The molecule has 0 atom stereocenters. The van der Waals surface area contributed by atoms with Crippen LogP contribution in [0, 0.1) is 0 Å². The first-order valence-electron chi connectivity index (χ1n) is 3.82. The predicted octanol–water partition coefficient (Wildman–Crippen LogP) is 1.87. The summed E-state index contributed by atoms with van der Waals surface area (Å²) in [7, 11) is 1.75. The second kappa shape index (κ2) is 3.62. The lowest BCUT2D eigenvalue weighted by molar-refractivity contribution is 0.103. The summed E-state index contributed by atoms with van der Waals surface area (Å²) in [6.45, 7) is 0. The van der Waals surface area contributed by atoms with E-state index in [1.54, 1.807) is 17.7 Å². The van der Waals surface area contributed by atoms with Crippen molar-refractivity contribution in [3.05, 3.63) is 32.9 Å². The van der Waals surface area contributed by atoms with Crippen LogP contribution >= 0.6 is 27.3 Å². The van der Waals surface area contributed by atoms with Gasteiger partial charge in [0.1, 0.15) is 6.33 Å². The second-order valence-corrected chi connectivity index (χ2v) is 5.16. The lowest BCUT2D eigenvalue weighted by Gasteiger charge is -1.95. The molecule has 0 N–H and O–H groups in total. The molecular formula is C8H6BrN3OS. The molecule has 72 valence electrons. The van der Waals surface area contributed by atoms with E-state index in [2.05, 4.69) is 26.1 Å². The van der Waals surface area contributed by atoms with Crippen LogP contribution in [-0.4, -0.2) is 20.5 Å². The summed E-state index contributed by atoms with van der Waals surface area (Å²) in [5, 5.41) is 7.42. The highest BCUT2D eigenvalue weighted by Crippen LogP contribution is 2.23. The number of carbonyl (C=O) groups is 1. The van der Waals surface area contributed by atoms with Gasteiger partial charge in [0.25, 0.3) is 0 Å². The summed E-state index contributed by atoms with van der Waals surface area (Å²) in [6.07, 6.45) is 1.51. The minimum absolute atomic E-state index is 0.0966. The standard InChI is InChI=1S/C8H6BrN3OS/c1-12-4-10-11-8(12)7(13)5-2-3-6(9)14-5/h2-4H,1H3. The van der Waals surface area contributed by atoms with Crippen LogP contribution in [0.2, 0.25) is 0 Å². The molecule has 0 unspecified atom stereocenters. The zero-order valence-electron chi connectivity index (χ0n) is 7.27. The Balaban J connectivity index is 2.38. The third-order valence-electron chi connectivity index (χ3n) is 1.71. The largest absolute Gasteiger partial charge is 0.314 e. The third kappa shape index (κ3) is 1.62. The highest BCUT2D eigenvalue weighted by atomic mass is 79.9. The minimum atomic E-state index is -0.0966. The van der Waals surface area contributed by atoms with E-state index in [0.29, 0.717) is 10.7 Å². The van der Waals surface area contributed by atoms with Crippen LogP contribution in [0.5, 0.6) is 0 Å². The van der Waals surface area contributed by atoms with Gasteiger partial charge in [-0.1, -0.05) is 0 Å². The van der Waals surface area contributed by atoms with Crippen LogP contribution in [0.25, 0.3) is 0 Å². The maximum absolute atomic E-state index is 11.8. The van der Waals surface area contributed by atoms with Gasteiger partial charge in [0, 0.05) is 7.05 Å². The van der Waals surface area contributed by atoms with Crippen molar-refractivity contribution in [1.29, 1.82) is 0 Å². The fourth-order valence-electron chi connectivity index (χ4n) is 1.04. The lowest BCUT2D eigenvalue weighted by atomic mass is 10.3. The Morgan fingerprint density at radius 3 is 2.86 bits per heavy atom. The molecule has 14 heavy (non-hydrogen) atoms. The Kier molecular flexibility index (Phi) is 2.47. The molecule has 0 saturated heterocycles. The van der Waals surface area contributed by atoms with E-state index in [-0.39, 0.29) is 5.78 Å². The number of aryl methyl sites for hydroxylation is 1. The van der Waals surface area contributed by atoms with Crippen LogP contribution in [0.3, 0.4) is 0 Å². The molecule has 2 aromatic rings. The number of aromatic nitrogens is 3. The topological polar surface area (TPSA) is 47.8 Å². The predicted molar refractivity (Wildman–Crippen MR) is 56.5 cm³/mol. The van der Waals surface area contributed by atoms with Crippen molar-refractivity contribution in [1.82, 2.24) is 14.8 Å². The lowest BCUT2D eigenvalue weighted by Crippen LogP contribution is -2.06. The Bertz CT molecular complexity index is 476. The third-order valence-corrected chi connectivity index (χ3v) is 3.33. The summed E-state index contributed by atoms with van der Waals surface area (Å²) >= 11 is 4.69. The molecule has 0 aliphatic carbocycles. The Labute approximate surface area is 92.7 Å². The summed E-state index contributed by atoms with van der Waals surface area (Å²) in [5.41, 5.74) is 0. The van der Waals surface area contributed by atoms with Crippen molar-refractivity contribution < 1.29 is 4.79 Å². The van der Waals surface area contributed by atoms with Gasteiger partial charge < -0.3 is 4.57 Å². The molecular weight excluding hydrogens is 266 g/mol. The van der Waals surface area contributed by atoms with E-state index in [9.17, 15) is 4.79 Å². The van der Waals surface area contributed by atoms with Crippen molar-refractivity contribution in [2.45, 2.75) is 0 Å². The molecule has 0 amide bonds. The number of hydrogen-bond donors (Lipinski definition) is 0. The van der Waals surface area contributed by atoms with Crippen LogP contribution in [0.1, 0.15) is 15.5 Å². The fourth-order valence-corrected chi connectivity index (χ4v) is 2.36. The second-order valence-electron chi connectivity index (χ2n) is 2.70. The molecule has 6 heteroatoms. The molecule has 0 aromatic carbocycles. The van der Waals surface area contributed by atoms with Gasteiger partial charge in [0.15, 0.2) is 0 Å². The first kappa shape index (κ1) is 9.54. The van der Waals surface area contributed by atoms with Crippen molar-refractivity contribution in [3.8, 4) is 0 Å². The van der Waals surface area contributed by atoms with Crippen LogP contribution < -0.4 is 0 Å². The molecule has 2 heterocycles. The number of thiophene rings is 1. The minimum Gasteiger partial charge on any atom is -0.314 e. The van der Waals surface area contributed by atoms with Gasteiger partial charge in [-0.05, 0) is 28.1 Å². The molecule has 0 fully saturated rings. The monoisotopic (exact) mass is 271 g/mol. The Morgan fingerprint density at radius 1 is 1.57 bits per heavy atom.